The zero-order chi connectivity index (χ0) is 39.5. The molecule has 56 heavy (non-hydrogen) atoms. The van der Waals surface area contributed by atoms with Gasteiger partial charge in [-0.25, -0.2) is 21.6 Å². The van der Waals surface area contributed by atoms with E-state index < -0.39 is 37.3 Å². The van der Waals surface area contributed by atoms with E-state index in [0.29, 0.717) is 75.1 Å². The Balaban J connectivity index is 1.12. The van der Waals surface area contributed by atoms with Crippen molar-refractivity contribution in [2.75, 3.05) is 44.2 Å². The average molecular weight is 825 g/mol. The van der Waals surface area contributed by atoms with Gasteiger partial charge in [-0.05, 0) is 124 Å². The number of sulfonamides is 1. The summed E-state index contributed by atoms with van der Waals surface area (Å²) in [7, 11) is -7.23. The summed E-state index contributed by atoms with van der Waals surface area (Å²) >= 11 is 6.47. The maximum atomic E-state index is 13.7. The number of amides is 1. The number of fused-ring (bicyclic) bond motifs is 4. The number of ether oxygens (including phenoxy) is 1. The number of likely N-dealkylation sites (tertiary alicyclic amines) is 1. The molecular weight excluding hydrogens is 770 g/mol. The van der Waals surface area contributed by atoms with Gasteiger partial charge in [-0.15, -0.1) is 0 Å². The van der Waals surface area contributed by atoms with E-state index in [2.05, 4.69) is 32.4 Å². The Morgan fingerprint density at radius 1 is 1.04 bits per heavy atom. The minimum absolute atomic E-state index is 0.00137. The normalized spacial score (nSPS) is 33.0. The van der Waals surface area contributed by atoms with Crippen LogP contribution in [-0.2, 0) is 36.5 Å². The van der Waals surface area contributed by atoms with Gasteiger partial charge in [-0.3, -0.25) is 9.69 Å². The second-order valence-electron chi connectivity index (χ2n) is 17.4. The van der Waals surface area contributed by atoms with Gasteiger partial charge in [0.1, 0.15) is 11.4 Å². The van der Waals surface area contributed by atoms with E-state index in [0.717, 1.165) is 44.9 Å². The Hall–Kier alpha value is -3.08. The molecule has 3 heterocycles. The van der Waals surface area contributed by atoms with E-state index in [-0.39, 0.29) is 38.6 Å². The number of hydrogen-bond acceptors (Lipinski definition) is 9. The monoisotopic (exact) mass is 823 g/mol. The summed E-state index contributed by atoms with van der Waals surface area (Å²) < 4.78 is 62.1. The molecule has 2 aromatic carbocycles. The van der Waals surface area contributed by atoms with Gasteiger partial charge in [0, 0.05) is 48.5 Å². The Bertz CT molecular complexity index is 2170. The Morgan fingerprint density at radius 3 is 2.54 bits per heavy atom. The molecule has 3 aliphatic carbocycles. The van der Waals surface area contributed by atoms with E-state index >= 15 is 0 Å². The molecule has 1 spiro atoms. The van der Waals surface area contributed by atoms with Gasteiger partial charge in [0.15, 0.2) is 9.84 Å². The minimum atomic E-state index is -4.18. The predicted molar refractivity (Wildman–Crippen MR) is 218 cm³/mol. The number of anilines is 1. The van der Waals surface area contributed by atoms with Crippen molar-refractivity contribution in [3.8, 4) is 17.6 Å². The SMILES string of the molecule is C[C@H]1C/C=C/[C@@](O)(C#CCN2CCC(S(=O)(=O)C3CC3)CC2)[C@@H]2CC[C@H]2CN2C[C@@]3(CCCc4cc(Cl)ccc43)COc3ccc(cc32)S(=O)(=O)NC(=O)[C@@H]1C. The maximum absolute atomic E-state index is 13.7. The molecule has 2 bridgehead atoms. The van der Waals surface area contributed by atoms with Gasteiger partial charge < -0.3 is 14.7 Å². The fraction of sp³-hybridized carbons (Fsp3) is 0.605. The molecule has 3 fully saturated rings. The van der Waals surface area contributed by atoms with Crippen molar-refractivity contribution in [1.82, 2.24) is 9.62 Å². The number of rotatable bonds is 3. The van der Waals surface area contributed by atoms with Crippen LogP contribution in [0.15, 0.2) is 53.4 Å². The molecule has 1 amide bonds. The van der Waals surface area contributed by atoms with E-state index in [1.54, 1.807) is 25.1 Å². The highest BCUT2D eigenvalue weighted by atomic mass is 35.5. The van der Waals surface area contributed by atoms with Gasteiger partial charge in [0.25, 0.3) is 10.0 Å². The summed E-state index contributed by atoms with van der Waals surface area (Å²) in [6.07, 6.45) is 11.4. The number of hydrogen-bond donors (Lipinski definition) is 2. The number of benzene rings is 2. The van der Waals surface area contributed by atoms with Crippen molar-refractivity contribution in [3.63, 3.8) is 0 Å². The van der Waals surface area contributed by atoms with Gasteiger partial charge in [0.05, 0.1) is 34.2 Å². The molecule has 0 unspecified atom stereocenters. The fourth-order valence-corrected chi connectivity index (χ4v) is 13.2. The molecule has 302 valence electrons. The molecule has 10 nitrogen and oxygen atoms in total. The van der Waals surface area contributed by atoms with Crippen LogP contribution in [-0.4, -0.2) is 88.2 Å². The zero-order valence-electron chi connectivity index (χ0n) is 32.4. The van der Waals surface area contributed by atoms with Crippen LogP contribution in [0.5, 0.6) is 5.75 Å². The van der Waals surface area contributed by atoms with Gasteiger partial charge in [-0.1, -0.05) is 49.4 Å². The Kier molecular flexibility index (Phi) is 10.8. The van der Waals surface area contributed by atoms with Crippen LogP contribution in [0, 0.1) is 35.5 Å². The lowest BCUT2D eigenvalue weighted by Crippen LogP contribution is -2.52. The highest BCUT2D eigenvalue weighted by Gasteiger charge is 2.48. The van der Waals surface area contributed by atoms with E-state index in [1.165, 1.54) is 17.2 Å². The maximum Gasteiger partial charge on any atom is 0.264 e. The Labute approximate surface area is 337 Å². The summed E-state index contributed by atoms with van der Waals surface area (Å²) in [5.74, 6) is 5.62. The van der Waals surface area contributed by atoms with Crippen LogP contribution in [0.25, 0.3) is 0 Å². The largest absolute Gasteiger partial charge is 0.490 e. The highest BCUT2D eigenvalue weighted by molar-refractivity contribution is 7.92. The second-order valence-corrected chi connectivity index (χ2v) is 22.1. The van der Waals surface area contributed by atoms with Crippen molar-refractivity contribution in [3.05, 3.63) is 64.7 Å². The van der Waals surface area contributed by atoms with Gasteiger partial charge in [0.2, 0.25) is 5.91 Å². The summed E-state index contributed by atoms with van der Waals surface area (Å²) in [4.78, 5) is 17.8. The van der Waals surface area contributed by atoms with Crippen LogP contribution < -0.4 is 14.4 Å². The molecule has 2 saturated carbocycles. The standard InChI is InChI=1S/C43H54ClN3O7S2/c1-29-6-3-19-43(49,20-5-21-46-22-16-35(17-23-46)55(50,51)34-10-11-34)38-13-8-32(38)26-47-27-42(18-4-7-31-24-33(44)9-14-37(31)42)28-54-40-15-12-36(25-39(40)47)56(52,53)45-41(48)30(29)2/h3,9,12,14-15,19,24-25,29-30,32,34-35,38,49H,4,6-8,10-11,13,16-18,21-23,26-28H2,1-2H3,(H,45,48)/b19-3+/t29-,30+,32-,38+,42-,43+/m0/s1. The molecule has 8 rings (SSSR count). The molecule has 13 heteroatoms. The van der Waals surface area contributed by atoms with Crippen molar-refractivity contribution in [2.45, 2.75) is 104 Å². The molecule has 1 saturated heterocycles. The lowest BCUT2D eigenvalue weighted by atomic mass is 9.64. The van der Waals surface area contributed by atoms with Crippen LogP contribution in [0.2, 0.25) is 5.02 Å². The summed E-state index contributed by atoms with van der Waals surface area (Å²) in [6.45, 7) is 6.93. The quantitative estimate of drug-likeness (QED) is 0.298. The number of carbonyl (C=O) groups excluding carboxylic acids is 1. The number of aryl methyl sites for hydroxylation is 1. The molecular formula is C43H54ClN3O7S2. The Morgan fingerprint density at radius 2 is 1.80 bits per heavy atom. The number of allylic oxidation sites excluding steroid dienone is 1. The van der Waals surface area contributed by atoms with Crippen LogP contribution >= 0.6 is 11.6 Å². The first kappa shape index (κ1) is 39.7. The van der Waals surface area contributed by atoms with Crippen molar-refractivity contribution in [2.24, 2.45) is 23.7 Å². The lowest BCUT2D eigenvalue weighted by molar-refractivity contribution is -0.124. The number of nitrogens with one attached hydrogen (secondary N) is 1. The summed E-state index contributed by atoms with van der Waals surface area (Å²) in [6, 6.07) is 10.9. The number of aliphatic hydroxyl groups is 1. The first-order valence-electron chi connectivity index (χ1n) is 20.4. The number of halogens is 1. The number of carbonyl (C=O) groups is 1. The third kappa shape index (κ3) is 7.75. The zero-order valence-corrected chi connectivity index (χ0v) is 34.8. The molecule has 0 aromatic heterocycles. The summed E-state index contributed by atoms with van der Waals surface area (Å²) in [5.41, 5.74) is 1.24. The van der Waals surface area contributed by atoms with Crippen molar-refractivity contribution < 1.29 is 31.5 Å². The molecule has 6 atom stereocenters. The van der Waals surface area contributed by atoms with Gasteiger partial charge >= 0.3 is 0 Å². The third-order valence-electron chi connectivity index (χ3n) is 13.7. The smallest absolute Gasteiger partial charge is 0.264 e. The van der Waals surface area contributed by atoms with E-state index in [9.17, 15) is 26.7 Å². The molecule has 3 aliphatic heterocycles. The second kappa shape index (κ2) is 15.3. The van der Waals surface area contributed by atoms with Crippen LogP contribution in [0.4, 0.5) is 5.69 Å². The average Bonchev–Trinajstić information content (AvgIpc) is 4.02. The van der Waals surface area contributed by atoms with Crippen molar-refractivity contribution >= 4 is 43.1 Å². The van der Waals surface area contributed by atoms with Crippen molar-refractivity contribution in [1.29, 1.82) is 0 Å². The number of piperidine rings is 1. The minimum Gasteiger partial charge on any atom is -0.490 e. The molecule has 0 radical (unpaired) electrons. The van der Waals surface area contributed by atoms with Gasteiger partial charge in [-0.2, -0.15) is 0 Å². The first-order valence-corrected chi connectivity index (χ1v) is 23.9. The molecule has 6 aliphatic rings. The molecule has 2 N–H and O–H groups in total. The highest BCUT2D eigenvalue weighted by Crippen LogP contribution is 2.48. The lowest BCUT2D eigenvalue weighted by Gasteiger charge is -2.47. The number of sulfone groups is 1. The first-order chi connectivity index (χ1) is 26.7. The topological polar surface area (TPSA) is 133 Å². The third-order valence-corrected chi connectivity index (χ3v) is 18.1. The van der Waals surface area contributed by atoms with Crippen LogP contribution in [0.3, 0.4) is 0 Å². The fourth-order valence-electron chi connectivity index (χ4n) is 9.74. The number of nitrogens with zero attached hydrogens (tertiary/aromatic N) is 2. The van der Waals surface area contributed by atoms with Crippen LogP contribution in [0.1, 0.15) is 82.8 Å². The summed E-state index contributed by atoms with van der Waals surface area (Å²) in [5, 5.41) is 12.8. The molecule has 2 aromatic rings. The predicted octanol–water partition coefficient (Wildman–Crippen LogP) is 5.65. The van der Waals surface area contributed by atoms with E-state index in [4.69, 9.17) is 16.3 Å². The van der Waals surface area contributed by atoms with E-state index in [1.807, 2.05) is 25.1 Å².